The minimum atomic E-state index is -0.472. The van der Waals surface area contributed by atoms with Crippen molar-refractivity contribution in [3.63, 3.8) is 0 Å². The normalized spacial score (nSPS) is 15.7. The zero-order valence-electron chi connectivity index (χ0n) is 16.5. The van der Waals surface area contributed by atoms with Crippen LogP contribution in [0.1, 0.15) is 12.5 Å². The Morgan fingerprint density at radius 1 is 1.20 bits per heavy atom. The van der Waals surface area contributed by atoms with E-state index < -0.39 is 5.82 Å². The van der Waals surface area contributed by atoms with E-state index in [-0.39, 0.29) is 17.9 Å². The van der Waals surface area contributed by atoms with Gasteiger partial charge in [0.1, 0.15) is 18.2 Å². The van der Waals surface area contributed by atoms with Crippen LogP contribution in [0, 0.1) is 5.82 Å². The van der Waals surface area contributed by atoms with Gasteiger partial charge < -0.3 is 19.7 Å². The zero-order valence-corrected chi connectivity index (χ0v) is 16.5. The van der Waals surface area contributed by atoms with Crippen molar-refractivity contribution in [2.75, 3.05) is 18.5 Å². The van der Waals surface area contributed by atoms with Crippen LogP contribution in [-0.4, -0.2) is 35.2 Å². The van der Waals surface area contributed by atoms with E-state index in [1.54, 1.807) is 41.4 Å². The Labute approximate surface area is 174 Å². The van der Waals surface area contributed by atoms with Crippen LogP contribution in [0.2, 0.25) is 0 Å². The van der Waals surface area contributed by atoms with Crippen molar-refractivity contribution < 1.29 is 18.7 Å². The maximum atomic E-state index is 14.5. The van der Waals surface area contributed by atoms with Gasteiger partial charge in [-0.25, -0.2) is 14.2 Å². The molecule has 2 heterocycles. The molecule has 4 rings (SSSR count). The lowest BCUT2D eigenvalue weighted by Crippen LogP contribution is -2.34. The van der Waals surface area contributed by atoms with Gasteiger partial charge in [0.2, 0.25) is 0 Å². The fraction of sp³-hybridized carbons (Fsp3) is 0.217. The standard InChI is InChI=1S/C23H22FN3O3/c1-2-27-18(15-29-23(27)28)13-16-6-9-19(10-7-16)30-21-11-8-17(14-20(21)24)26-22-5-3-4-12-25-22/h3-12,14,18H,2,13,15H2,1H3,(H,25,26). The number of nitrogens with zero attached hydrogens (tertiary/aromatic N) is 2. The summed E-state index contributed by atoms with van der Waals surface area (Å²) >= 11 is 0. The molecule has 1 atom stereocenters. The summed E-state index contributed by atoms with van der Waals surface area (Å²) in [7, 11) is 0. The van der Waals surface area contributed by atoms with Crippen LogP contribution in [0.3, 0.4) is 0 Å². The predicted octanol–water partition coefficient (Wildman–Crippen LogP) is 5.14. The van der Waals surface area contributed by atoms with Gasteiger partial charge in [0, 0.05) is 24.5 Å². The van der Waals surface area contributed by atoms with Crippen molar-refractivity contribution in [3.8, 4) is 11.5 Å². The van der Waals surface area contributed by atoms with E-state index in [0.29, 0.717) is 36.8 Å². The summed E-state index contributed by atoms with van der Waals surface area (Å²) in [5, 5.41) is 3.04. The molecule has 1 saturated heterocycles. The molecule has 1 aliphatic heterocycles. The SMILES string of the molecule is CCN1C(=O)OCC1Cc1ccc(Oc2ccc(Nc3ccccn3)cc2F)cc1. The fourth-order valence-corrected chi connectivity index (χ4v) is 3.38. The quantitative estimate of drug-likeness (QED) is 0.588. The summed E-state index contributed by atoms with van der Waals surface area (Å²) in [5.74, 6) is 0.841. The fourth-order valence-electron chi connectivity index (χ4n) is 3.38. The molecule has 1 aliphatic rings. The number of pyridine rings is 1. The minimum absolute atomic E-state index is 0.0332. The molecule has 1 amide bonds. The van der Waals surface area contributed by atoms with Gasteiger partial charge in [0.15, 0.2) is 11.6 Å². The van der Waals surface area contributed by atoms with Crippen molar-refractivity contribution >= 4 is 17.6 Å². The molecule has 154 valence electrons. The molecular weight excluding hydrogens is 385 g/mol. The van der Waals surface area contributed by atoms with E-state index in [0.717, 1.165) is 5.56 Å². The summed E-state index contributed by atoms with van der Waals surface area (Å²) in [6, 6.07) is 17.6. The van der Waals surface area contributed by atoms with Crippen LogP contribution < -0.4 is 10.1 Å². The summed E-state index contributed by atoms with van der Waals surface area (Å²) in [5.41, 5.74) is 1.64. The van der Waals surface area contributed by atoms with Gasteiger partial charge in [-0.2, -0.15) is 0 Å². The van der Waals surface area contributed by atoms with Gasteiger partial charge in [0.25, 0.3) is 0 Å². The predicted molar refractivity (Wildman–Crippen MR) is 112 cm³/mol. The smallest absolute Gasteiger partial charge is 0.410 e. The lowest BCUT2D eigenvalue weighted by molar-refractivity contribution is 0.159. The van der Waals surface area contributed by atoms with Gasteiger partial charge in [-0.15, -0.1) is 0 Å². The molecule has 2 aromatic carbocycles. The second-order valence-electron chi connectivity index (χ2n) is 6.95. The van der Waals surface area contributed by atoms with Crippen molar-refractivity contribution in [1.82, 2.24) is 9.88 Å². The number of hydrogen-bond donors (Lipinski definition) is 1. The summed E-state index contributed by atoms with van der Waals surface area (Å²) in [6.07, 6.45) is 2.10. The summed E-state index contributed by atoms with van der Waals surface area (Å²) < 4.78 is 25.3. The number of carbonyl (C=O) groups is 1. The van der Waals surface area contributed by atoms with Gasteiger partial charge in [-0.3, -0.25) is 0 Å². The molecule has 0 saturated carbocycles. The number of aromatic nitrogens is 1. The second-order valence-corrected chi connectivity index (χ2v) is 6.95. The number of carbonyl (C=O) groups excluding carboxylic acids is 1. The maximum absolute atomic E-state index is 14.5. The number of cyclic esters (lactones) is 1. The Morgan fingerprint density at radius 2 is 2.03 bits per heavy atom. The molecule has 1 aromatic heterocycles. The first-order chi connectivity index (χ1) is 14.6. The molecule has 6 nitrogen and oxygen atoms in total. The highest BCUT2D eigenvalue weighted by molar-refractivity contribution is 5.70. The lowest BCUT2D eigenvalue weighted by atomic mass is 10.1. The molecule has 0 bridgehead atoms. The van der Waals surface area contributed by atoms with E-state index >= 15 is 0 Å². The third kappa shape index (κ3) is 4.51. The van der Waals surface area contributed by atoms with Crippen molar-refractivity contribution in [2.24, 2.45) is 0 Å². The highest BCUT2D eigenvalue weighted by atomic mass is 19.1. The largest absolute Gasteiger partial charge is 0.454 e. The summed E-state index contributed by atoms with van der Waals surface area (Å²) in [6.45, 7) is 2.95. The van der Waals surface area contributed by atoms with E-state index in [9.17, 15) is 9.18 Å². The lowest BCUT2D eigenvalue weighted by Gasteiger charge is -2.19. The first-order valence-electron chi connectivity index (χ1n) is 9.80. The van der Waals surface area contributed by atoms with Crippen molar-refractivity contribution in [3.05, 3.63) is 78.2 Å². The van der Waals surface area contributed by atoms with Crippen molar-refractivity contribution in [1.29, 1.82) is 0 Å². The molecular formula is C23H22FN3O3. The maximum Gasteiger partial charge on any atom is 0.410 e. The molecule has 7 heteroatoms. The third-order valence-corrected chi connectivity index (χ3v) is 4.91. The monoisotopic (exact) mass is 407 g/mol. The second kappa shape index (κ2) is 8.82. The average Bonchev–Trinajstić information content (AvgIpc) is 3.11. The van der Waals surface area contributed by atoms with Gasteiger partial charge in [-0.1, -0.05) is 18.2 Å². The molecule has 1 unspecified atom stereocenters. The number of hydrogen-bond acceptors (Lipinski definition) is 5. The number of likely N-dealkylation sites (N-methyl/N-ethyl adjacent to an activating group) is 1. The van der Waals surface area contributed by atoms with Crippen LogP contribution >= 0.6 is 0 Å². The van der Waals surface area contributed by atoms with Crippen molar-refractivity contribution in [2.45, 2.75) is 19.4 Å². The molecule has 3 aromatic rings. The first kappa shape index (κ1) is 19.7. The van der Waals surface area contributed by atoms with E-state index in [1.807, 2.05) is 31.2 Å². The van der Waals surface area contributed by atoms with Crippen LogP contribution in [0.25, 0.3) is 0 Å². The van der Waals surface area contributed by atoms with Crippen LogP contribution in [0.5, 0.6) is 11.5 Å². The summed E-state index contributed by atoms with van der Waals surface area (Å²) in [4.78, 5) is 17.5. The zero-order chi connectivity index (χ0) is 20.9. The number of anilines is 2. The van der Waals surface area contributed by atoms with E-state index in [2.05, 4.69) is 10.3 Å². The number of amides is 1. The van der Waals surface area contributed by atoms with Gasteiger partial charge >= 0.3 is 6.09 Å². The Morgan fingerprint density at radius 3 is 2.73 bits per heavy atom. The van der Waals surface area contributed by atoms with Crippen LogP contribution in [0.4, 0.5) is 20.7 Å². The topological polar surface area (TPSA) is 63.7 Å². The molecule has 1 N–H and O–H groups in total. The molecule has 0 spiro atoms. The van der Waals surface area contributed by atoms with E-state index in [4.69, 9.17) is 9.47 Å². The third-order valence-electron chi connectivity index (χ3n) is 4.91. The number of benzene rings is 2. The first-order valence-corrected chi connectivity index (χ1v) is 9.80. The Balaban J connectivity index is 1.39. The highest BCUT2D eigenvalue weighted by Crippen LogP contribution is 2.28. The number of halogens is 1. The Bertz CT molecular complexity index is 1010. The number of rotatable bonds is 7. The van der Waals surface area contributed by atoms with E-state index in [1.165, 1.54) is 6.07 Å². The van der Waals surface area contributed by atoms with Gasteiger partial charge in [0.05, 0.1) is 6.04 Å². The minimum Gasteiger partial charge on any atom is -0.454 e. The molecule has 30 heavy (non-hydrogen) atoms. The van der Waals surface area contributed by atoms with Crippen LogP contribution in [-0.2, 0) is 11.2 Å². The number of nitrogens with one attached hydrogen (secondary N) is 1. The van der Waals surface area contributed by atoms with Crippen LogP contribution in [0.15, 0.2) is 66.9 Å². The molecule has 0 radical (unpaired) electrons. The van der Waals surface area contributed by atoms with Gasteiger partial charge in [-0.05, 0) is 55.3 Å². The molecule has 1 fully saturated rings. The average molecular weight is 407 g/mol. The number of ether oxygens (including phenoxy) is 2. The highest BCUT2D eigenvalue weighted by Gasteiger charge is 2.31. The Kier molecular flexibility index (Phi) is 5.79. The molecule has 0 aliphatic carbocycles. The Hall–Kier alpha value is -3.61.